The first kappa shape index (κ1) is 70.1. The average molecular weight is 1100 g/mol. The summed E-state index contributed by atoms with van der Waals surface area (Å²) in [5, 5.41) is 42.4. The van der Waals surface area contributed by atoms with Crippen LogP contribution < -0.4 is 0 Å². The van der Waals surface area contributed by atoms with Crippen LogP contribution in [0.2, 0.25) is 18.1 Å². The van der Waals surface area contributed by atoms with Crippen LogP contribution in [0.4, 0.5) is 0 Å². The molecule has 0 saturated carbocycles. The molecule has 0 aliphatic carbocycles. The normalized spacial score (nSPS) is 24.4. The van der Waals surface area contributed by atoms with E-state index >= 15 is 0 Å². The van der Waals surface area contributed by atoms with E-state index in [1.807, 2.05) is 0 Å². The summed E-state index contributed by atoms with van der Waals surface area (Å²) in [6.45, 7) is 21.2. The summed E-state index contributed by atoms with van der Waals surface area (Å²) in [4.78, 5) is 72.6. The SMILES string of the molecule is CCCCCCCC(=O)O[C@H]1/C(=C/C(=O)OC)C[C@@H](CC(O)CO)O[C@@]1(OC)C(C)(C)/C=C/C=O.CCCCCCCC(=O)O[C@H]1/C(=C/C(=O)OC)C[C@@H](C[C@@H](O)CO[Si](C)(C)C(C)(C)C)O[C@@]1(O)C(C)(C)/C=C/C=O. The van der Waals surface area contributed by atoms with Crippen molar-refractivity contribution in [1.82, 2.24) is 0 Å². The largest absolute Gasteiger partial charge is 0.466 e. The number of esters is 4. The lowest BCUT2D eigenvalue weighted by Crippen LogP contribution is -2.63. The zero-order valence-electron chi connectivity index (χ0n) is 48.3. The zero-order chi connectivity index (χ0) is 58.0. The Morgan fingerprint density at radius 1 is 0.671 bits per heavy atom. The van der Waals surface area contributed by atoms with Crippen molar-refractivity contribution in [3.63, 3.8) is 0 Å². The van der Waals surface area contributed by atoms with E-state index in [9.17, 15) is 49.2 Å². The third-order valence-corrected chi connectivity index (χ3v) is 19.0. The quantitative estimate of drug-likeness (QED) is 0.0127. The molecule has 2 rings (SSSR count). The summed E-state index contributed by atoms with van der Waals surface area (Å²) in [6, 6.07) is 0. The molecule has 0 aromatic heterocycles. The first-order valence-corrected chi connectivity index (χ1v) is 29.9. The van der Waals surface area contributed by atoms with Crippen molar-refractivity contribution in [1.29, 1.82) is 0 Å². The Hall–Kier alpha value is -3.92. The van der Waals surface area contributed by atoms with Gasteiger partial charge in [-0.3, -0.25) is 19.2 Å². The topological polar surface area (TPSA) is 257 Å². The summed E-state index contributed by atoms with van der Waals surface area (Å²) in [7, 11) is 1.75. The number of aliphatic hydroxyl groups is 4. The summed E-state index contributed by atoms with van der Waals surface area (Å²) < 4.78 is 46.1. The molecule has 0 spiro atoms. The minimum Gasteiger partial charge on any atom is -0.466 e. The van der Waals surface area contributed by atoms with Crippen molar-refractivity contribution in [2.45, 2.75) is 231 Å². The Bertz CT molecular complexity index is 1930. The maximum Gasteiger partial charge on any atom is 0.330 e. The van der Waals surface area contributed by atoms with E-state index in [0.29, 0.717) is 36.6 Å². The minimum absolute atomic E-state index is 0.0349. The van der Waals surface area contributed by atoms with E-state index in [-0.39, 0.29) is 50.2 Å². The molecular weight excluding hydrogens is 1000 g/mol. The van der Waals surface area contributed by atoms with Gasteiger partial charge < -0.3 is 58.0 Å². The molecule has 76 heavy (non-hydrogen) atoms. The van der Waals surface area contributed by atoms with E-state index in [1.54, 1.807) is 33.8 Å². The van der Waals surface area contributed by atoms with Crippen LogP contribution in [-0.4, -0.2) is 148 Å². The Labute approximate surface area is 454 Å². The second kappa shape index (κ2) is 33.5. The van der Waals surface area contributed by atoms with Gasteiger partial charge in [0.2, 0.25) is 11.6 Å². The number of allylic oxidation sites excluding steroid dienone is 2. The summed E-state index contributed by atoms with van der Waals surface area (Å²) in [5.41, 5.74) is -1.56. The van der Waals surface area contributed by atoms with Gasteiger partial charge in [-0.2, -0.15) is 0 Å². The lowest BCUT2D eigenvalue weighted by Gasteiger charge is -2.53. The van der Waals surface area contributed by atoms with Crippen molar-refractivity contribution in [2.24, 2.45) is 10.8 Å². The number of aliphatic hydroxyl groups excluding tert-OH is 3. The van der Waals surface area contributed by atoms with E-state index in [1.165, 1.54) is 51.7 Å². The molecule has 436 valence electrons. The molecule has 2 aliphatic heterocycles. The van der Waals surface area contributed by atoms with Crippen molar-refractivity contribution in [2.75, 3.05) is 34.5 Å². The van der Waals surface area contributed by atoms with Crippen molar-refractivity contribution < 1.29 is 86.8 Å². The van der Waals surface area contributed by atoms with Gasteiger partial charge in [-0.15, -0.1) is 0 Å². The number of aldehydes is 2. The van der Waals surface area contributed by atoms with Crippen molar-refractivity contribution in [3.8, 4) is 0 Å². The smallest absolute Gasteiger partial charge is 0.330 e. The summed E-state index contributed by atoms with van der Waals surface area (Å²) in [6.07, 6.45) is 13.6. The molecule has 2 heterocycles. The van der Waals surface area contributed by atoms with Gasteiger partial charge in [0.05, 0.1) is 51.8 Å². The maximum absolute atomic E-state index is 12.9. The van der Waals surface area contributed by atoms with Gasteiger partial charge in [0.1, 0.15) is 12.6 Å². The molecule has 0 amide bonds. The molecule has 2 fully saturated rings. The van der Waals surface area contributed by atoms with Gasteiger partial charge in [0.25, 0.3) is 0 Å². The van der Waals surface area contributed by atoms with E-state index in [4.69, 9.17) is 37.6 Å². The fourth-order valence-electron chi connectivity index (χ4n) is 8.80. The predicted octanol–water partition coefficient (Wildman–Crippen LogP) is 8.40. The highest BCUT2D eigenvalue weighted by atomic mass is 28.4. The van der Waals surface area contributed by atoms with Crippen LogP contribution in [0.1, 0.15) is 165 Å². The van der Waals surface area contributed by atoms with Gasteiger partial charge in [-0.05, 0) is 67.1 Å². The van der Waals surface area contributed by atoms with Crippen LogP contribution in [0.3, 0.4) is 0 Å². The maximum atomic E-state index is 12.9. The van der Waals surface area contributed by atoms with Crippen molar-refractivity contribution >= 4 is 44.8 Å². The first-order valence-electron chi connectivity index (χ1n) is 27.0. The van der Waals surface area contributed by atoms with Crippen LogP contribution in [0.15, 0.2) is 47.6 Å². The number of carbonyl (C=O) groups excluding carboxylic acids is 6. The molecule has 4 N–H and O–H groups in total. The first-order chi connectivity index (χ1) is 35.5. The standard InChI is InChI=1S/C31H54O9Si.C26H42O9/c1-10-11-12-13-14-16-26(34)39-28-23(20-27(35)37-7)19-25(40-31(28,36)30(5,6)17-15-18-32)21-24(33)22-38-41(8,9)29(2,3)4;1-6-7-8-9-10-12-22(30)34-24-19(16-23(31)32-4)15-21(17-20(29)18-28)35-26(24,33-5)25(2,3)13-11-14-27/h15,17-18,20,24-25,28,33,36H,10-14,16,19,21-22H2,1-9H3;11,13-14,16,20-21,24,28-29H,6-10,12,15,17-18H2,1-5H3/b17-15+,23-20+;13-11+,19-16+/t24-,25+,28+,31-;20?,21-,24-,26+/m10/s1. The second-order valence-corrected chi connectivity index (χ2v) is 27.3. The highest BCUT2D eigenvalue weighted by Gasteiger charge is 2.60. The Morgan fingerprint density at radius 2 is 1.11 bits per heavy atom. The summed E-state index contributed by atoms with van der Waals surface area (Å²) in [5.74, 6) is -6.10. The van der Waals surface area contributed by atoms with Gasteiger partial charge in [0, 0.05) is 55.8 Å². The van der Waals surface area contributed by atoms with Crippen LogP contribution in [0.25, 0.3) is 0 Å². The average Bonchev–Trinajstić information content (AvgIpc) is 3.35. The van der Waals surface area contributed by atoms with E-state index in [2.05, 4.69) is 47.7 Å². The number of methoxy groups -OCH3 is 3. The lowest BCUT2D eigenvalue weighted by molar-refractivity contribution is -0.338. The fraction of sp³-hybridized carbons (Fsp3) is 0.754. The van der Waals surface area contributed by atoms with Gasteiger partial charge >= 0.3 is 23.9 Å². The van der Waals surface area contributed by atoms with E-state index < -0.39 is 97.8 Å². The third kappa shape index (κ3) is 21.7. The molecule has 0 aromatic rings. The Kier molecular flexibility index (Phi) is 30.9. The summed E-state index contributed by atoms with van der Waals surface area (Å²) >= 11 is 0. The Morgan fingerprint density at radius 3 is 1.54 bits per heavy atom. The van der Waals surface area contributed by atoms with Crippen LogP contribution in [-0.2, 0) is 66.4 Å². The van der Waals surface area contributed by atoms with Gasteiger partial charge in [-0.25, -0.2) is 9.59 Å². The molecule has 0 radical (unpaired) electrons. The molecule has 1 unspecified atom stereocenters. The molecule has 2 saturated heterocycles. The molecule has 0 aromatic carbocycles. The number of unbranched alkanes of at least 4 members (excludes halogenated alkanes) is 8. The van der Waals surface area contributed by atoms with Gasteiger partial charge in [0.15, 0.2) is 20.5 Å². The number of ether oxygens (including phenoxy) is 7. The molecule has 18 nitrogen and oxygen atoms in total. The monoisotopic (exact) mass is 1100 g/mol. The van der Waals surface area contributed by atoms with Crippen LogP contribution >= 0.6 is 0 Å². The predicted molar refractivity (Wildman–Crippen MR) is 290 cm³/mol. The highest BCUT2D eigenvalue weighted by Crippen LogP contribution is 2.49. The minimum atomic E-state index is -2.16. The number of rotatable bonds is 31. The third-order valence-electron chi connectivity index (χ3n) is 14.5. The highest BCUT2D eigenvalue weighted by molar-refractivity contribution is 6.74. The van der Waals surface area contributed by atoms with Gasteiger partial charge in [-0.1, -0.05) is 126 Å². The molecule has 8 atom stereocenters. The van der Waals surface area contributed by atoms with E-state index in [0.717, 1.165) is 51.4 Å². The zero-order valence-corrected chi connectivity index (χ0v) is 49.3. The van der Waals surface area contributed by atoms with Crippen LogP contribution in [0, 0.1) is 10.8 Å². The lowest BCUT2D eigenvalue weighted by atomic mass is 9.74. The molecule has 2 aliphatic rings. The van der Waals surface area contributed by atoms with Crippen molar-refractivity contribution in [3.05, 3.63) is 47.6 Å². The molecule has 19 heteroatoms. The number of hydrogen-bond acceptors (Lipinski definition) is 18. The molecular formula is C57H96O18Si. The molecule has 0 bridgehead atoms. The number of hydrogen-bond donors (Lipinski definition) is 4. The second-order valence-electron chi connectivity index (χ2n) is 22.5. The fourth-order valence-corrected chi connectivity index (χ4v) is 9.84. The number of carbonyl (C=O) groups is 6. The van der Waals surface area contributed by atoms with Crippen LogP contribution in [0.5, 0.6) is 0 Å². The Balaban J connectivity index is 0.000000770.